The monoisotopic (exact) mass is 1020 g/mol. The molecule has 27 heteroatoms. The molecule has 0 radical (unpaired) electrons. The van der Waals surface area contributed by atoms with Crippen LogP contribution >= 0.6 is 15.0 Å². The van der Waals surface area contributed by atoms with Crippen molar-refractivity contribution in [3.63, 3.8) is 0 Å². The van der Waals surface area contributed by atoms with Gasteiger partial charge in [0.1, 0.15) is 36.8 Å². The topological polar surface area (TPSA) is 294 Å². The minimum absolute atomic E-state index is 0.0268. The van der Waals surface area contributed by atoms with Crippen LogP contribution in [0.25, 0.3) is 11.2 Å². The lowest BCUT2D eigenvalue weighted by atomic mass is 10.1. The number of hydrogen-bond acceptors (Lipinski definition) is 19. The molecule has 3 aromatic heterocycles. The third kappa shape index (κ3) is 12.6. The second kappa shape index (κ2) is 23.1. The number of aromatic amines is 1. The quantitative estimate of drug-likeness (QED) is 0.0405. The lowest BCUT2D eigenvalue weighted by molar-refractivity contribution is -0.118. The number of amides is 1. The van der Waals surface area contributed by atoms with Crippen LogP contribution in [0.3, 0.4) is 0 Å². The van der Waals surface area contributed by atoms with Crippen molar-refractivity contribution in [1.82, 2.24) is 29.5 Å². The van der Waals surface area contributed by atoms with Crippen molar-refractivity contribution < 1.29 is 60.3 Å². The number of hydrogen-bond donors (Lipinski definition) is 5. The summed E-state index contributed by atoms with van der Waals surface area (Å²) in [6.45, 7) is 13.7. The van der Waals surface area contributed by atoms with E-state index < -0.39 is 98.8 Å². The molecule has 0 spiro atoms. The van der Waals surface area contributed by atoms with E-state index in [1.165, 1.54) is 23.4 Å². The fourth-order valence-corrected chi connectivity index (χ4v) is 20.6. The van der Waals surface area contributed by atoms with Crippen molar-refractivity contribution in [2.24, 2.45) is 11.8 Å². The van der Waals surface area contributed by atoms with E-state index in [0.29, 0.717) is 5.88 Å². The van der Waals surface area contributed by atoms with Gasteiger partial charge in [-0.2, -0.15) is 10.2 Å². The number of H-pyrrole nitrogens is 1. The molecule has 2 aliphatic rings. The molecule has 2 fully saturated rings. The summed E-state index contributed by atoms with van der Waals surface area (Å²) in [5.74, 6) is -1.31. The van der Waals surface area contributed by atoms with Crippen LogP contribution in [-0.2, 0) is 52.5 Å². The normalized spacial score (nSPS) is 23.9. The van der Waals surface area contributed by atoms with E-state index in [2.05, 4.69) is 30.2 Å². The molecule has 66 heavy (non-hydrogen) atoms. The SMILES string of the molecule is CC(C)C(=O)Nc1nc2c(ncn2[C@@H]2O[C@H](CO)[C@@H](O[Si](O[Si](O)(C(C)C)C(C)C)(C(C)C)C(C)C)[C@@H]2OP(=S)(OCCC#N)OC[C@H]2C[C@@H](Oc3ccncn3)C[C@@H]2O[P+](=O)O)c(=O)[nH]1. The molecule has 5 rings (SSSR count). The highest BCUT2D eigenvalue weighted by molar-refractivity contribution is 8.07. The van der Waals surface area contributed by atoms with Crippen molar-refractivity contribution >= 4 is 66.9 Å². The summed E-state index contributed by atoms with van der Waals surface area (Å²) in [5.41, 5.74) is -1.85. The van der Waals surface area contributed by atoms with Gasteiger partial charge in [-0.25, -0.2) is 15.0 Å². The van der Waals surface area contributed by atoms with E-state index in [-0.39, 0.29) is 71.8 Å². The molecule has 1 saturated carbocycles. The molecule has 0 aromatic carbocycles. The van der Waals surface area contributed by atoms with Crippen LogP contribution in [-0.4, -0.2) is 118 Å². The summed E-state index contributed by atoms with van der Waals surface area (Å²) in [5, 5.41) is 23.2. The maximum absolute atomic E-state index is 13.4. The zero-order valence-electron chi connectivity index (χ0n) is 38.8. The Kier molecular flexibility index (Phi) is 18.8. The van der Waals surface area contributed by atoms with Gasteiger partial charge in [0.2, 0.25) is 17.7 Å². The summed E-state index contributed by atoms with van der Waals surface area (Å²) >= 11 is 6.14. The second-order valence-corrected chi connectivity index (χ2v) is 30.1. The van der Waals surface area contributed by atoms with E-state index in [0.717, 1.165) is 0 Å². The number of aromatic nitrogens is 6. The van der Waals surface area contributed by atoms with E-state index in [1.54, 1.807) is 19.9 Å². The maximum Gasteiger partial charge on any atom is 0.695 e. The van der Waals surface area contributed by atoms with Gasteiger partial charge in [-0.05, 0) is 40.4 Å². The second-order valence-electron chi connectivity index (χ2n) is 17.9. The Hall–Kier alpha value is -3.03. The Morgan fingerprint density at radius 3 is 2.36 bits per heavy atom. The number of anilines is 1. The molecule has 1 aliphatic carbocycles. The zero-order chi connectivity index (χ0) is 48.7. The molecule has 9 atom stereocenters. The van der Waals surface area contributed by atoms with Crippen molar-refractivity contribution in [1.29, 1.82) is 5.26 Å². The maximum atomic E-state index is 13.4. The van der Waals surface area contributed by atoms with Crippen molar-refractivity contribution in [2.75, 3.05) is 25.1 Å². The molecule has 22 nitrogen and oxygen atoms in total. The van der Waals surface area contributed by atoms with Crippen molar-refractivity contribution in [3.05, 3.63) is 35.3 Å². The first-order chi connectivity index (χ1) is 31.1. The Morgan fingerprint density at radius 2 is 1.79 bits per heavy atom. The number of nitrogens with zero attached hydrogens (tertiary/aromatic N) is 6. The minimum atomic E-state index is -4.06. The highest BCUT2D eigenvalue weighted by Crippen LogP contribution is 2.56. The lowest BCUT2D eigenvalue weighted by Gasteiger charge is -2.47. The Labute approximate surface area is 392 Å². The van der Waals surface area contributed by atoms with Crippen LogP contribution in [0.4, 0.5) is 5.95 Å². The summed E-state index contributed by atoms with van der Waals surface area (Å²) in [6.07, 6.45) is -1.88. The summed E-state index contributed by atoms with van der Waals surface area (Å²) in [4.78, 5) is 67.7. The molecule has 2 unspecified atom stereocenters. The standard InChI is InChI=1S/C39H62N8O14P2SSi2/c1-22(2)36(49)45-39-44-35-32(37(50)46-39)43-21-47(35)38-34(33(30(18-48)57-38)60-66(25(7)8,26(9)10)61-65(53,23(3)4)24(5)6)59-63(64,54-15-11-13-40)55-19-27-16-28(17-29(27)58-62(51)52)56-31-12-14-41-20-42-31/h12,14,20-30,33-34,38,48,53H,11,15-19H2,1-10H3,(H2-,44,45,46,49,50,51,52)/p+1/t27-,28-,29+,30-,33-,34+,38-,63?/m1/s1. The molecule has 1 aliphatic heterocycles. The lowest BCUT2D eigenvalue weighted by Crippen LogP contribution is -2.62. The van der Waals surface area contributed by atoms with Gasteiger partial charge >= 0.3 is 32.1 Å². The Morgan fingerprint density at radius 1 is 1.09 bits per heavy atom. The number of aliphatic hydroxyl groups excluding tert-OH is 1. The van der Waals surface area contributed by atoms with Gasteiger partial charge in [-0.15, -0.1) is 9.42 Å². The molecule has 3 aromatic rings. The zero-order valence-corrected chi connectivity index (χ0v) is 43.4. The number of nitriles is 1. The number of imidazole rings is 1. The van der Waals surface area contributed by atoms with Crippen LogP contribution in [0.2, 0.25) is 22.2 Å². The summed E-state index contributed by atoms with van der Waals surface area (Å²) in [7, 11) is -10.2. The van der Waals surface area contributed by atoms with E-state index in [4.69, 9.17) is 47.9 Å². The molecular weight excluding hydrogens is 955 g/mol. The van der Waals surface area contributed by atoms with Gasteiger partial charge in [0.05, 0.1) is 38.6 Å². The van der Waals surface area contributed by atoms with Crippen LogP contribution in [0, 0.1) is 23.2 Å². The Bertz CT molecular complexity index is 2260. The number of aliphatic hydroxyl groups is 1. The first kappa shape index (κ1) is 53.9. The molecule has 0 bridgehead atoms. The first-order valence-electron chi connectivity index (χ1n) is 21.9. The smallest absolute Gasteiger partial charge is 0.474 e. The number of carbonyl (C=O) groups excluding carboxylic acids is 1. The van der Waals surface area contributed by atoms with Crippen LogP contribution in [0.15, 0.2) is 29.7 Å². The van der Waals surface area contributed by atoms with E-state index in [9.17, 15) is 34.2 Å². The van der Waals surface area contributed by atoms with E-state index in [1.807, 2.05) is 61.5 Å². The van der Waals surface area contributed by atoms with Crippen LogP contribution in [0.1, 0.15) is 94.7 Å². The fourth-order valence-electron chi connectivity index (χ4n) is 8.05. The molecule has 366 valence electrons. The molecule has 4 heterocycles. The van der Waals surface area contributed by atoms with Gasteiger partial charge in [0, 0.05) is 35.1 Å². The Balaban J connectivity index is 1.62. The van der Waals surface area contributed by atoms with Crippen LogP contribution in [0.5, 0.6) is 5.88 Å². The van der Waals surface area contributed by atoms with Gasteiger partial charge in [-0.3, -0.25) is 29.0 Å². The largest absolute Gasteiger partial charge is 0.695 e. The molecule has 5 N–H and O–H groups in total. The number of fused-ring (bicyclic) bond motifs is 1. The van der Waals surface area contributed by atoms with Crippen LogP contribution < -0.4 is 15.6 Å². The van der Waals surface area contributed by atoms with Gasteiger partial charge in [0.25, 0.3) is 5.56 Å². The highest BCUT2D eigenvalue weighted by atomic mass is 32.5. The van der Waals surface area contributed by atoms with Gasteiger partial charge in [0.15, 0.2) is 17.4 Å². The number of carbonyl (C=O) groups is 1. The summed E-state index contributed by atoms with van der Waals surface area (Å²) in [6, 6.07) is 3.60. The number of rotatable bonds is 24. The van der Waals surface area contributed by atoms with E-state index >= 15 is 0 Å². The number of ether oxygens (including phenoxy) is 2. The minimum Gasteiger partial charge on any atom is -0.474 e. The molecular formula is C39H63N8O14P2SSi2+. The molecule has 1 amide bonds. The predicted molar refractivity (Wildman–Crippen MR) is 248 cm³/mol. The first-order valence-corrected chi connectivity index (χ1v) is 29.6. The molecule has 1 saturated heterocycles. The number of nitrogens with one attached hydrogen (secondary N) is 2. The third-order valence-corrected chi connectivity index (χ3v) is 24.2. The van der Waals surface area contributed by atoms with Crippen molar-refractivity contribution in [3.8, 4) is 11.9 Å². The van der Waals surface area contributed by atoms with Gasteiger partial charge in [-0.1, -0.05) is 69.2 Å². The fraction of sp³-hybridized carbons (Fsp3) is 0.718. The average Bonchev–Trinajstić information content (AvgIpc) is 3.94. The highest BCUT2D eigenvalue weighted by Gasteiger charge is 2.60. The predicted octanol–water partition coefficient (Wildman–Crippen LogP) is 5.76. The third-order valence-electron chi connectivity index (χ3n) is 11.7. The van der Waals surface area contributed by atoms with Crippen molar-refractivity contribution in [2.45, 2.75) is 147 Å². The summed E-state index contributed by atoms with van der Waals surface area (Å²) < 4.78 is 65.3. The van der Waals surface area contributed by atoms with Gasteiger partial charge < -0.3 is 37.0 Å². The average molecular weight is 1020 g/mol.